The van der Waals surface area contributed by atoms with Gasteiger partial charge >= 0.3 is 0 Å². The zero-order valence-corrected chi connectivity index (χ0v) is 10.9. The number of methoxy groups -OCH3 is 1. The van der Waals surface area contributed by atoms with Crippen LogP contribution < -0.4 is 4.74 Å². The molecule has 1 aromatic carbocycles. The van der Waals surface area contributed by atoms with Gasteiger partial charge in [0.2, 0.25) is 0 Å². The van der Waals surface area contributed by atoms with Crippen LogP contribution in [0.4, 0.5) is 4.39 Å². The van der Waals surface area contributed by atoms with Gasteiger partial charge < -0.3 is 14.7 Å². The van der Waals surface area contributed by atoms with E-state index < -0.39 is 11.4 Å². The third kappa shape index (κ3) is 2.49. The zero-order valence-electron chi connectivity index (χ0n) is 10.9. The molecule has 0 saturated carbocycles. The summed E-state index contributed by atoms with van der Waals surface area (Å²) in [6.07, 6.45) is 1.29. The van der Waals surface area contributed by atoms with Crippen LogP contribution in [0.15, 0.2) is 18.2 Å². The Labute approximate surface area is 107 Å². The molecule has 2 rings (SSSR count). The summed E-state index contributed by atoms with van der Waals surface area (Å²) in [4.78, 5) is 2.29. The Morgan fingerprint density at radius 3 is 2.56 bits per heavy atom. The highest BCUT2D eigenvalue weighted by atomic mass is 19.1. The maximum absolute atomic E-state index is 13.7. The Bertz CT molecular complexity index is 414. The van der Waals surface area contributed by atoms with E-state index in [9.17, 15) is 9.50 Å². The van der Waals surface area contributed by atoms with Gasteiger partial charge in [0, 0.05) is 13.1 Å². The van der Waals surface area contributed by atoms with E-state index in [2.05, 4.69) is 11.8 Å². The number of benzene rings is 1. The van der Waals surface area contributed by atoms with Gasteiger partial charge in [0.1, 0.15) is 0 Å². The summed E-state index contributed by atoms with van der Waals surface area (Å²) in [6, 6.07) is 4.72. The van der Waals surface area contributed by atoms with Crippen molar-refractivity contribution in [1.29, 1.82) is 0 Å². The lowest BCUT2D eigenvalue weighted by Crippen LogP contribution is -2.42. The van der Waals surface area contributed by atoms with Crippen LogP contribution in [-0.2, 0) is 5.60 Å². The predicted octanol–water partition coefficient (Wildman–Crippen LogP) is 2.14. The highest BCUT2D eigenvalue weighted by Crippen LogP contribution is 2.34. The summed E-state index contributed by atoms with van der Waals surface area (Å²) in [5.41, 5.74) is -0.254. The average Bonchev–Trinajstić information content (AvgIpc) is 2.39. The molecular weight excluding hydrogens is 233 g/mol. The highest BCUT2D eigenvalue weighted by Gasteiger charge is 2.34. The van der Waals surface area contributed by atoms with E-state index in [0.29, 0.717) is 18.4 Å². The molecule has 0 aromatic heterocycles. The highest BCUT2D eigenvalue weighted by molar-refractivity contribution is 5.32. The summed E-state index contributed by atoms with van der Waals surface area (Å²) in [6.45, 7) is 4.80. The fourth-order valence-corrected chi connectivity index (χ4v) is 2.48. The number of hydrogen-bond acceptors (Lipinski definition) is 3. The van der Waals surface area contributed by atoms with Gasteiger partial charge in [-0.15, -0.1) is 0 Å². The number of halogens is 1. The number of hydrogen-bond donors (Lipinski definition) is 1. The third-order valence-electron chi connectivity index (χ3n) is 3.82. The summed E-state index contributed by atoms with van der Waals surface area (Å²) >= 11 is 0. The molecule has 1 saturated heterocycles. The first kappa shape index (κ1) is 13.3. The molecule has 1 fully saturated rings. The average molecular weight is 253 g/mol. The molecule has 1 heterocycles. The number of likely N-dealkylation sites (tertiary alicyclic amines) is 1. The molecule has 3 nitrogen and oxygen atoms in total. The van der Waals surface area contributed by atoms with Crippen LogP contribution in [0.3, 0.4) is 0 Å². The molecule has 1 aliphatic heterocycles. The Balaban J connectivity index is 2.18. The van der Waals surface area contributed by atoms with E-state index in [0.717, 1.165) is 19.6 Å². The van der Waals surface area contributed by atoms with Crippen molar-refractivity contribution in [3.05, 3.63) is 29.6 Å². The minimum absolute atomic E-state index is 0.216. The fourth-order valence-electron chi connectivity index (χ4n) is 2.48. The Morgan fingerprint density at radius 1 is 1.39 bits per heavy atom. The van der Waals surface area contributed by atoms with Gasteiger partial charge in [-0.1, -0.05) is 13.0 Å². The van der Waals surface area contributed by atoms with E-state index in [1.165, 1.54) is 13.2 Å². The van der Waals surface area contributed by atoms with Crippen LogP contribution in [-0.4, -0.2) is 36.8 Å². The van der Waals surface area contributed by atoms with Crippen molar-refractivity contribution < 1.29 is 14.2 Å². The molecule has 0 atom stereocenters. The van der Waals surface area contributed by atoms with Crippen LogP contribution >= 0.6 is 0 Å². The van der Waals surface area contributed by atoms with Crippen molar-refractivity contribution in [2.24, 2.45) is 0 Å². The molecule has 0 radical (unpaired) electrons. The first-order valence-corrected chi connectivity index (χ1v) is 6.38. The second-order valence-electron chi connectivity index (χ2n) is 4.82. The molecule has 1 aromatic rings. The van der Waals surface area contributed by atoms with E-state index in [1.54, 1.807) is 12.1 Å². The van der Waals surface area contributed by atoms with E-state index in [-0.39, 0.29) is 5.75 Å². The standard InChI is InChI=1S/C14H20FNO2/c1-3-16-8-6-14(17,7-9-16)11-4-5-13(18-2)12(15)10-11/h4-5,10,17H,3,6-9H2,1-2H3. The monoisotopic (exact) mass is 253 g/mol. The molecule has 0 amide bonds. The maximum atomic E-state index is 13.7. The van der Waals surface area contributed by atoms with Crippen molar-refractivity contribution in [2.45, 2.75) is 25.4 Å². The second kappa shape index (κ2) is 5.24. The van der Waals surface area contributed by atoms with Crippen LogP contribution in [0.25, 0.3) is 0 Å². The molecule has 0 unspecified atom stereocenters. The van der Waals surface area contributed by atoms with Gasteiger partial charge in [0.05, 0.1) is 12.7 Å². The Morgan fingerprint density at radius 2 is 2.06 bits per heavy atom. The topological polar surface area (TPSA) is 32.7 Å². The summed E-state index contributed by atoms with van der Waals surface area (Å²) < 4.78 is 18.6. The van der Waals surface area contributed by atoms with Crippen LogP contribution in [0.1, 0.15) is 25.3 Å². The predicted molar refractivity (Wildman–Crippen MR) is 68.2 cm³/mol. The van der Waals surface area contributed by atoms with Crippen LogP contribution in [0.2, 0.25) is 0 Å². The minimum Gasteiger partial charge on any atom is -0.494 e. The minimum atomic E-state index is -0.904. The van der Waals surface area contributed by atoms with Gasteiger partial charge in [-0.2, -0.15) is 0 Å². The summed E-state index contributed by atoms with van der Waals surface area (Å²) in [5, 5.41) is 10.6. The first-order valence-electron chi connectivity index (χ1n) is 6.38. The number of aliphatic hydroxyl groups is 1. The SMILES string of the molecule is CCN1CCC(O)(c2ccc(OC)c(F)c2)CC1. The molecule has 100 valence electrons. The number of nitrogens with zero attached hydrogens (tertiary/aromatic N) is 1. The summed E-state index contributed by atoms with van der Waals surface area (Å²) in [7, 11) is 1.44. The number of rotatable bonds is 3. The lowest BCUT2D eigenvalue weighted by molar-refractivity contribution is -0.0249. The molecule has 0 bridgehead atoms. The fraction of sp³-hybridized carbons (Fsp3) is 0.571. The lowest BCUT2D eigenvalue weighted by Gasteiger charge is -2.38. The molecule has 0 spiro atoms. The van der Waals surface area contributed by atoms with Crippen molar-refractivity contribution in [3.63, 3.8) is 0 Å². The van der Waals surface area contributed by atoms with Crippen molar-refractivity contribution >= 4 is 0 Å². The molecule has 4 heteroatoms. The van der Waals surface area contributed by atoms with Gasteiger partial charge in [-0.25, -0.2) is 4.39 Å². The van der Waals surface area contributed by atoms with E-state index in [1.807, 2.05) is 0 Å². The number of piperidine rings is 1. The van der Waals surface area contributed by atoms with Gasteiger partial charge in [-0.3, -0.25) is 0 Å². The quantitative estimate of drug-likeness (QED) is 0.895. The number of ether oxygens (including phenoxy) is 1. The van der Waals surface area contributed by atoms with Gasteiger partial charge in [0.25, 0.3) is 0 Å². The molecule has 1 aliphatic rings. The maximum Gasteiger partial charge on any atom is 0.165 e. The third-order valence-corrected chi connectivity index (χ3v) is 3.82. The molecule has 1 N–H and O–H groups in total. The van der Waals surface area contributed by atoms with Gasteiger partial charge in [0.15, 0.2) is 11.6 Å². The van der Waals surface area contributed by atoms with E-state index in [4.69, 9.17) is 4.74 Å². The molecule has 18 heavy (non-hydrogen) atoms. The largest absolute Gasteiger partial charge is 0.494 e. The molecule has 0 aliphatic carbocycles. The normalized spacial score (nSPS) is 19.8. The van der Waals surface area contributed by atoms with Crippen LogP contribution in [0.5, 0.6) is 5.75 Å². The first-order chi connectivity index (χ1) is 8.59. The smallest absolute Gasteiger partial charge is 0.165 e. The van der Waals surface area contributed by atoms with Crippen LogP contribution in [0, 0.1) is 5.82 Å². The summed E-state index contributed by atoms with van der Waals surface area (Å²) in [5.74, 6) is -0.199. The van der Waals surface area contributed by atoms with Crippen molar-refractivity contribution in [2.75, 3.05) is 26.7 Å². The van der Waals surface area contributed by atoms with E-state index >= 15 is 0 Å². The van der Waals surface area contributed by atoms with Gasteiger partial charge in [-0.05, 0) is 37.1 Å². The Hall–Kier alpha value is -1.13. The van der Waals surface area contributed by atoms with Crippen molar-refractivity contribution in [1.82, 2.24) is 4.90 Å². The zero-order chi connectivity index (χ0) is 13.2. The molecular formula is C14H20FNO2. The lowest BCUT2D eigenvalue weighted by atomic mass is 9.84. The second-order valence-corrected chi connectivity index (χ2v) is 4.82. The Kier molecular flexibility index (Phi) is 3.88. The van der Waals surface area contributed by atoms with Crippen molar-refractivity contribution in [3.8, 4) is 5.75 Å².